The predicted octanol–water partition coefficient (Wildman–Crippen LogP) is 2.16. The van der Waals surface area contributed by atoms with Crippen molar-refractivity contribution >= 4 is 34.5 Å². The fourth-order valence-corrected chi connectivity index (χ4v) is 1.67. The minimum absolute atomic E-state index is 0.303. The number of halogens is 1. The Labute approximate surface area is 102 Å². The van der Waals surface area contributed by atoms with Gasteiger partial charge in [0.15, 0.2) is 0 Å². The Morgan fingerprint density at radius 2 is 2.12 bits per heavy atom. The first-order chi connectivity index (χ1) is 7.61. The molecule has 0 aliphatic heterocycles. The Kier molecular flexibility index (Phi) is 4.75. The van der Waals surface area contributed by atoms with Gasteiger partial charge in [-0.25, -0.2) is 0 Å². The Hall–Kier alpha value is -1.59. The van der Waals surface area contributed by atoms with Crippen molar-refractivity contribution in [3.63, 3.8) is 0 Å². The molecular weight excluding hydrogens is 246 g/mol. The van der Waals surface area contributed by atoms with Crippen molar-refractivity contribution in [1.82, 2.24) is 4.98 Å². The first kappa shape index (κ1) is 12.5. The summed E-state index contributed by atoms with van der Waals surface area (Å²) in [6, 6.07) is 5.02. The molecule has 2 rings (SSSR count). The average molecular weight is 256 g/mol. The largest absolute Gasteiger partial charge is 0.397 e. The Morgan fingerprint density at radius 1 is 1.38 bits per heavy atom. The second-order valence-electron chi connectivity index (χ2n) is 2.75. The molecule has 2 heterocycles. The maximum Gasteiger partial charge on any atom is 0.267 e. The number of rotatable bonds is 1. The van der Waals surface area contributed by atoms with Crippen molar-refractivity contribution in [3.8, 4) is 0 Å². The summed E-state index contributed by atoms with van der Waals surface area (Å²) in [7, 11) is 0. The van der Waals surface area contributed by atoms with E-state index in [1.54, 1.807) is 23.6 Å². The van der Waals surface area contributed by atoms with Gasteiger partial charge in [-0.2, -0.15) is 0 Å². The first-order valence-electron chi connectivity index (χ1n) is 4.29. The molecular formula is C10H10ClN3OS. The molecule has 2 aromatic rings. The van der Waals surface area contributed by atoms with E-state index in [2.05, 4.69) is 4.98 Å². The summed E-state index contributed by atoms with van der Waals surface area (Å²) in [6.07, 6.45) is 1.53. The number of primary amides is 1. The van der Waals surface area contributed by atoms with Crippen molar-refractivity contribution < 1.29 is 4.79 Å². The van der Waals surface area contributed by atoms with Crippen molar-refractivity contribution in [2.24, 2.45) is 5.73 Å². The van der Waals surface area contributed by atoms with Gasteiger partial charge in [0.05, 0.1) is 10.7 Å². The number of amides is 1. The molecule has 0 radical (unpaired) electrons. The number of nitrogens with two attached hydrogens (primary N) is 2. The third-order valence-corrected chi connectivity index (χ3v) is 2.78. The summed E-state index contributed by atoms with van der Waals surface area (Å²) >= 11 is 7.02. The molecule has 4 nitrogen and oxygen atoms in total. The summed E-state index contributed by atoms with van der Waals surface area (Å²) in [5, 5.41) is 4.27. The molecule has 6 heteroatoms. The van der Waals surface area contributed by atoms with Crippen LogP contribution in [0.3, 0.4) is 0 Å². The highest BCUT2D eigenvalue weighted by Crippen LogP contribution is 2.21. The molecule has 0 saturated heterocycles. The minimum atomic E-state index is -0.490. The van der Waals surface area contributed by atoms with Crippen LogP contribution >= 0.6 is 22.9 Å². The SMILES string of the molecule is NC(=O)c1ccccn1.Nc1cscc1Cl. The van der Waals surface area contributed by atoms with Gasteiger partial charge in [0.1, 0.15) is 5.69 Å². The van der Waals surface area contributed by atoms with Gasteiger partial charge in [0.25, 0.3) is 5.91 Å². The number of thiophene rings is 1. The molecule has 0 bridgehead atoms. The van der Waals surface area contributed by atoms with Gasteiger partial charge in [-0.1, -0.05) is 17.7 Å². The fraction of sp³-hybridized carbons (Fsp3) is 0. The van der Waals surface area contributed by atoms with Gasteiger partial charge in [0.2, 0.25) is 0 Å². The smallest absolute Gasteiger partial charge is 0.267 e. The molecule has 0 aliphatic rings. The van der Waals surface area contributed by atoms with Crippen molar-refractivity contribution in [3.05, 3.63) is 45.9 Å². The summed E-state index contributed by atoms with van der Waals surface area (Å²) in [4.78, 5) is 14.1. The molecule has 0 saturated carbocycles. The van der Waals surface area contributed by atoms with Crippen LogP contribution in [-0.4, -0.2) is 10.9 Å². The molecule has 16 heavy (non-hydrogen) atoms. The molecule has 0 spiro atoms. The Morgan fingerprint density at radius 3 is 2.38 bits per heavy atom. The lowest BCUT2D eigenvalue weighted by Gasteiger charge is -1.88. The highest BCUT2D eigenvalue weighted by atomic mass is 35.5. The monoisotopic (exact) mass is 255 g/mol. The van der Waals surface area contributed by atoms with Gasteiger partial charge in [-0.05, 0) is 12.1 Å². The van der Waals surface area contributed by atoms with E-state index < -0.39 is 5.91 Å². The van der Waals surface area contributed by atoms with E-state index in [4.69, 9.17) is 23.1 Å². The number of anilines is 1. The molecule has 1 amide bonds. The molecule has 0 atom stereocenters. The minimum Gasteiger partial charge on any atom is -0.397 e. The van der Waals surface area contributed by atoms with Gasteiger partial charge in [0, 0.05) is 17.0 Å². The van der Waals surface area contributed by atoms with Crippen LogP contribution in [0.2, 0.25) is 5.02 Å². The third kappa shape index (κ3) is 3.88. The van der Waals surface area contributed by atoms with E-state index in [1.807, 2.05) is 5.38 Å². The number of carbonyl (C=O) groups excluding carboxylic acids is 1. The van der Waals surface area contributed by atoms with E-state index in [0.29, 0.717) is 16.4 Å². The molecule has 0 unspecified atom stereocenters. The zero-order chi connectivity index (χ0) is 12.0. The van der Waals surface area contributed by atoms with E-state index in [1.165, 1.54) is 17.5 Å². The van der Waals surface area contributed by atoms with Crippen molar-refractivity contribution in [2.45, 2.75) is 0 Å². The lowest BCUT2D eigenvalue weighted by molar-refractivity contribution is 0.0995. The van der Waals surface area contributed by atoms with Crippen molar-refractivity contribution in [1.29, 1.82) is 0 Å². The average Bonchev–Trinajstić information content (AvgIpc) is 2.65. The second-order valence-corrected chi connectivity index (χ2v) is 3.91. The van der Waals surface area contributed by atoms with Crippen LogP contribution in [0.15, 0.2) is 35.2 Å². The molecule has 0 aliphatic carbocycles. The molecule has 0 fully saturated rings. The Balaban J connectivity index is 0.000000165. The van der Waals surface area contributed by atoms with Gasteiger partial charge in [-0.3, -0.25) is 9.78 Å². The fourth-order valence-electron chi connectivity index (χ4n) is 0.800. The van der Waals surface area contributed by atoms with Crippen LogP contribution in [0.4, 0.5) is 5.69 Å². The molecule has 4 N–H and O–H groups in total. The van der Waals surface area contributed by atoms with Gasteiger partial charge in [-0.15, -0.1) is 11.3 Å². The second kappa shape index (κ2) is 6.09. The number of nitrogen functional groups attached to an aromatic ring is 1. The summed E-state index contributed by atoms with van der Waals surface area (Å²) < 4.78 is 0. The number of pyridine rings is 1. The van der Waals surface area contributed by atoms with Crippen LogP contribution in [0.25, 0.3) is 0 Å². The Bertz CT molecular complexity index is 442. The van der Waals surface area contributed by atoms with Crippen LogP contribution in [0.5, 0.6) is 0 Å². The zero-order valence-corrected chi connectivity index (χ0v) is 9.83. The van der Waals surface area contributed by atoms with Crippen LogP contribution in [0.1, 0.15) is 10.5 Å². The molecule has 0 aromatic carbocycles. The van der Waals surface area contributed by atoms with E-state index in [0.717, 1.165) is 0 Å². The maximum absolute atomic E-state index is 10.4. The third-order valence-electron chi connectivity index (χ3n) is 1.56. The van der Waals surface area contributed by atoms with Gasteiger partial charge >= 0.3 is 0 Å². The summed E-state index contributed by atoms with van der Waals surface area (Å²) in [5.74, 6) is -0.490. The number of hydrogen-bond donors (Lipinski definition) is 2. The van der Waals surface area contributed by atoms with Crippen LogP contribution < -0.4 is 11.5 Å². The topological polar surface area (TPSA) is 82.0 Å². The first-order valence-corrected chi connectivity index (χ1v) is 5.61. The number of nitrogens with zero attached hydrogens (tertiary/aromatic N) is 1. The molecule has 84 valence electrons. The lowest BCUT2D eigenvalue weighted by Crippen LogP contribution is -2.12. The van der Waals surface area contributed by atoms with E-state index in [-0.39, 0.29) is 0 Å². The zero-order valence-electron chi connectivity index (χ0n) is 8.26. The quantitative estimate of drug-likeness (QED) is 0.819. The number of carbonyl (C=O) groups is 1. The maximum atomic E-state index is 10.4. The highest BCUT2D eigenvalue weighted by molar-refractivity contribution is 7.09. The van der Waals surface area contributed by atoms with Crippen LogP contribution in [0, 0.1) is 0 Å². The van der Waals surface area contributed by atoms with E-state index in [9.17, 15) is 4.79 Å². The lowest BCUT2D eigenvalue weighted by atomic mass is 10.3. The van der Waals surface area contributed by atoms with Crippen molar-refractivity contribution in [2.75, 3.05) is 5.73 Å². The summed E-state index contributed by atoms with van der Waals surface area (Å²) in [5.41, 5.74) is 11.2. The molecule has 2 aromatic heterocycles. The number of hydrogen-bond acceptors (Lipinski definition) is 4. The number of aromatic nitrogens is 1. The standard InChI is InChI=1S/C6H6N2O.C4H4ClNS/c7-6(9)5-3-1-2-4-8-5;5-3-1-7-2-4(3)6/h1-4H,(H2,7,9);1-2H,6H2. The van der Waals surface area contributed by atoms with E-state index >= 15 is 0 Å². The summed E-state index contributed by atoms with van der Waals surface area (Å²) in [6.45, 7) is 0. The normalized spacial score (nSPS) is 9.06. The van der Waals surface area contributed by atoms with Crippen LogP contribution in [-0.2, 0) is 0 Å². The van der Waals surface area contributed by atoms with Gasteiger partial charge < -0.3 is 11.5 Å². The predicted molar refractivity (Wildman–Crippen MR) is 66.5 cm³/mol. The highest BCUT2D eigenvalue weighted by Gasteiger charge is 1.96.